The second kappa shape index (κ2) is 13.5. The number of aryl methyl sites for hydroxylation is 1. The number of alkyl carbamates (subject to hydrolysis) is 1. The molecule has 4 rings (SSSR count). The van der Waals surface area contributed by atoms with E-state index in [2.05, 4.69) is 10.6 Å². The van der Waals surface area contributed by atoms with Crippen molar-refractivity contribution in [3.8, 4) is 0 Å². The lowest BCUT2D eigenvalue weighted by Gasteiger charge is -2.33. The van der Waals surface area contributed by atoms with Crippen LogP contribution >= 0.6 is 11.8 Å². The second-order valence-electron chi connectivity index (χ2n) is 11.7. The molecule has 4 unspecified atom stereocenters. The number of thioether (sulfide) groups is 1. The molecule has 2 heterocycles. The van der Waals surface area contributed by atoms with Crippen LogP contribution in [0.4, 0.5) is 4.79 Å². The minimum absolute atomic E-state index is 0.0442. The number of carbonyl (C=O) groups is 3. The largest absolute Gasteiger partial charge is 0.447 e. The number of hydrogen-bond donors (Lipinski definition) is 3. The van der Waals surface area contributed by atoms with Crippen molar-refractivity contribution >= 4 is 29.7 Å². The summed E-state index contributed by atoms with van der Waals surface area (Å²) in [7, 11) is 0. The number of aliphatic hydroxyl groups excluding tert-OH is 1. The highest BCUT2D eigenvalue weighted by atomic mass is 32.2. The van der Waals surface area contributed by atoms with Gasteiger partial charge in [-0.2, -0.15) is 0 Å². The summed E-state index contributed by atoms with van der Waals surface area (Å²) in [6.07, 6.45) is -2.66. The lowest BCUT2D eigenvalue weighted by Crippen LogP contribution is -2.58. The molecule has 42 heavy (non-hydrogen) atoms. The number of ether oxygens (including phenoxy) is 3. The zero-order valence-corrected chi connectivity index (χ0v) is 25.6. The fourth-order valence-corrected chi connectivity index (χ4v) is 6.30. The Hall–Kier alpha value is -3.12. The summed E-state index contributed by atoms with van der Waals surface area (Å²) in [5.74, 6) is -1.47. The molecule has 2 aliphatic rings. The van der Waals surface area contributed by atoms with Gasteiger partial charge in [0, 0.05) is 11.3 Å². The molecule has 0 aromatic heterocycles. The molecule has 2 aromatic rings. The average molecular weight is 600 g/mol. The first-order valence-corrected chi connectivity index (χ1v) is 15.1. The standard InChI is InChI=1S/C31H41N3O7S/c1-20-11-9-10-14-22(20)16-32-27(36)26-30(2,3)42-19-34(26)28(37)25(35)24(15-21-12-7-6-8-13-21)33-29(38)39-17-23-18-40-31(4,5)41-23/h6-14,23-26,35H,15-19H2,1-5H3,(H,32,36)(H,33,38). The summed E-state index contributed by atoms with van der Waals surface area (Å²) in [5.41, 5.74) is 2.85. The number of rotatable bonds is 10. The maximum atomic E-state index is 13.8. The van der Waals surface area contributed by atoms with E-state index in [4.69, 9.17) is 14.2 Å². The van der Waals surface area contributed by atoms with Gasteiger partial charge in [-0.1, -0.05) is 54.6 Å². The van der Waals surface area contributed by atoms with E-state index in [1.807, 2.05) is 75.4 Å². The topological polar surface area (TPSA) is 126 Å². The van der Waals surface area contributed by atoms with Crippen LogP contribution in [0.3, 0.4) is 0 Å². The van der Waals surface area contributed by atoms with Crippen LogP contribution in [0.1, 0.15) is 44.4 Å². The van der Waals surface area contributed by atoms with Crippen LogP contribution < -0.4 is 10.6 Å². The van der Waals surface area contributed by atoms with Gasteiger partial charge < -0.3 is 34.9 Å². The fourth-order valence-electron chi connectivity index (χ4n) is 5.16. The Balaban J connectivity index is 1.45. The molecule has 0 aliphatic carbocycles. The molecule has 11 heteroatoms. The predicted octanol–water partition coefficient (Wildman–Crippen LogP) is 3.14. The van der Waals surface area contributed by atoms with E-state index in [0.29, 0.717) is 6.54 Å². The van der Waals surface area contributed by atoms with Gasteiger partial charge in [0.1, 0.15) is 18.8 Å². The highest BCUT2D eigenvalue weighted by Gasteiger charge is 2.49. The molecular formula is C31H41N3O7S. The van der Waals surface area contributed by atoms with Crippen molar-refractivity contribution in [1.29, 1.82) is 0 Å². The van der Waals surface area contributed by atoms with Crippen molar-refractivity contribution in [3.63, 3.8) is 0 Å². The lowest BCUT2D eigenvalue weighted by molar-refractivity contribution is -0.147. The van der Waals surface area contributed by atoms with E-state index < -0.39 is 46.8 Å². The number of carbonyl (C=O) groups excluding carboxylic acids is 3. The highest BCUT2D eigenvalue weighted by Crippen LogP contribution is 2.40. The number of amides is 3. The van der Waals surface area contributed by atoms with Crippen molar-refractivity contribution in [2.45, 2.75) is 82.4 Å². The molecule has 10 nitrogen and oxygen atoms in total. The lowest BCUT2D eigenvalue weighted by atomic mass is 9.97. The molecule has 2 aromatic carbocycles. The molecule has 0 spiro atoms. The van der Waals surface area contributed by atoms with Gasteiger partial charge in [0.25, 0.3) is 5.91 Å². The van der Waals surface area contributed by atoms with Gasteiger partial charge >= 0.3 is 6.09 Å². The summed E-state index contributed by atoms with van der Waals surface area (Å²) in [6.45, 7) is 9.90. The highest BCUT2D eigenvalue weighted by molar-refractivity contribution is 8.00. The maximum absolute atomic E-state index is 13.8. The summed E-state index contributed by atoms with van der Waals surface area (Å²) in [6, 6.07) is 15.2. The van der Waals surface area contributed by atoms with E-state index in [1.54, 1.807) is 13.8 Å². The number of nitrogens with zero attached hydrogens (tertiary/aromatic N) is 1. The zero-order valence-electron chi connectivity index (χ0n) is 24.8. The average Bonchev–Trinajstić information content (AvgIpc) is 3.47. The van der Waals surface area contributed by atoms with Crippen molar-refractivity contribution in [3.05, 3.63) is 71.3 Å². The third kappa shape index (κ3) is 8.03. The van der Waals surface area contributed by atoms with Crippen molar-refractivity contribution in [2.75, 3.05) is 19.1 Å². The van der Waals surface area contributed by atoms with Crippen LogP contribution in [0, 0.1) is 6.92 Å². The van der Waals surface area contributed by atoms with Gasteiger partial charge in [-0.3, -0.25) is 9.59 Å². The van der Waals surface area contributed by atoms with Crippen LogP contribution in [-0.2, 0) is 36.8 Å². The second-order valence-corrected chi connectivity index (χ2v) is 13.3. The van der Waals surface area contributed by atoms with Gasteiger partial charge in [-0.25, -0.2) is 4.79 Å². The first kappa shape index (κ1) is 31.8. The van der Waals surface area contributed by atoms with Gasteiger partial charge in [0.2, 0.25) is 5.91 Å². The number of hydrogen-bond acceptors (Lipinski definition) is 8. The van der Waals surface area contributed by atoms with Crippen molar-refractivity contribution < 1.29 is 33.7 Å². The number of aliphatic hydroxyl groups is 1. The summed E-state index contributed by atoms with van der Waals surface area (Å²) in [5, 5.41) is 17.0. The van der Waals surface area contributed by atoms with Crippen LogP contribution in [-0.4, -0.2) is 81.8 Å². The Morgan fingerprint density at radius 2 is 1.79 bits per heavy atom. The third-order valence-corrected chi connectivity index (χ3v) is 8.87. The summed E-state index contributed by atoms with van der Waals surface area (Å²) < 4.78 is 16.0. The van der Waals surface area contributed by atoms with E-state index in [-0.39, 0.29) is 31.4 Å². The molecule has 0 saturated carbocycles. The number of benzene rings is 2. The van der Waals surface area contributed by atoms with Crippen LogP contribution in [0.2, 0.25) is 0 Å². The van der Waals surface area contributed by atoms with Crippen LogP contribution in [0.25, 0.3) is 0 Å². The molecule has 2 aliphatic heterocycles. The van der Waals surface area contributed by atoms with Crippen molar-refractivity contribution in [2.24, 2.45) is 0 Å². The molecule has 228 valence electrons. The SMILES string of the molecule is Cc1ccccc1CNC(=O)C1N(C(=O)C(O)C(Cc2ccccc2)NC(=O)OCC2COC(C)(C)O2)CSC1(C)C. The Labute approximate surface area is 251 Å². The fraction of sp³-hybridized carbons (Fsp3) is 0.516. The Kier molecular flexibility index (Phi) is 10.2. The van der Waals surface area contributed by atoms with Gasteiger partial charge in [0.05, 0.1) is 18.5 Å². The number of nitrogens with one attached hydrogen (secondary N) is 2. The molecule has 0 radical (unpaired) electrons. The van der Waals surface area contributed by atoms with E-state index in [9.17, 15) is 19.5 Å². The minimum atomic E-state index is -1.62. The molecule has 3 N–H and O–H groups in total. The molecule has 3 amide bonds. The summed E-state index contributed by atoms with van der Waals surface area (Å²) >= 11 is 1.46. The maximum Gasteiger partial charge on any atom is 0.407 e. The Bertz CT molecular complexity index is 1260. The third-order valence-electron chi connectivity index (χ3n) is 7.50. The van der Waals surface area contributed by atoms with Gasteiger partial charge in [-0.15, -0.1) is 11.8 Å². The quantitative estimate of drug-likeness (QED) is 0.380. The molecule has 2 saturated heterocycles. The molecular weight excluding hydrogens is 558 g/mol. The van der Waals surface area contributed by atoms with E-state index >= 15 is 0 Å². The monoisotopic (exact) mass is 599 g/mol. The molecule has 2 fully saturated rings. The first-order valence-electron chi connectivity index (χ1n) is 14.1. The minimum Gasteiger partial charge on any atom is -0.447 e. The summed E-state index contributed by atoms with van der Waals surface area (Å²) in [4.78, 5) is 41.4. The van der Waals surface area contributed by atoms with Gasteiger partial charge in [-0.05, 0) is 57.7 Å². The van der Waals surface area contributed by atoms with Gasteiger partial charge in [0.15, 0.2) is 11.9 Å². The predicted molar refractivity (Wildman–Crippen MR) is 160 cm³/mol. The van der Waals surface area contributed by atoms with Crippen molar-refractivity contribution in [1.82, 2.24) is 15.5 Å². The Morgan fingerprint density at radius 1 is 1.10 bits per heavy atom. The van der Waals surface area contributed by atoms with Crippen LogP contribution in [0.5, 0.6) is 0 Å². The first-order chi connectivity index (χ1) is 19.9. The smallest absolute Gasteiger partial charge is 0.407 e. The van der Waals surface area contributed by atoms with E-state index in [0.717, 1.165) is 16.7 Å². The zero-order chi connectivity index (χ0) is 30.5. The van der Waals surface area contributed by atoms with Crippen LogP contribution in [0.15, 0.2) is 54.6 Å². The molecule has 0 bridgehead atoms. The Morgan fingerprint density at radius 3 is 2.45 bits per heavy atom. The van der Waals surface area contributed by atoms with E-state index in [1.165, 1.54) is 16.7 Å². The molecule has 4 atom stereocenters. The normalized spacial score (nSPS) is 22.3.